The summed E-state index contributed by atoms with van der Waals surface area (Å²) in [5, 5.41) is 3.32. The maximum Gasteiger partial charge on any atom is 0.336 e. The van der Waals surface area contributed by atoms with Crippen LogP contribution in [0, 0.1) is 12.3 Å². The predicted octanol–water partition coefficient (Wildman–Crippen LogP) is 3.83. The molecule has 0 saturated carbocycles. The summed E-state index contributed by atoms with van der Waals surface area (Å²) in [6.07, 6.45) is 1.31. The number of Topliss-reactive ketones (excluding diaryl/α,β-unsaturated/α-hetero) is 1. The van der Waals surface area contributed by atoms with Crippen molar-refractivity contribution in [3.63, 3.8) is 0 Å². The zero-order valence-electron chi connectivity index (χ0n) is 14.8. The Hall–Kier alpha value is -1.88. The molecule has 0 amide bonds. The Kier molecular flexibility index (Phi) is 4.16. The minimum Gasteiger partial charge on any atom is -0.466 e. The molecule has 5 heteroatoms. The molecule has 128 valence electrons. The van der Waals surface area contributed by atoms with Crippen molar-refractivity contribution in [3.05, 3.63) is 44.4 Å². The summed E-state index contributed by atoms with van der Waals surface area (Å²) in [6, 6.07) is 4.05. The average Bonchev–Trinajstić information content (AvgIpc) is 2.90. The van der Waals surface area contributed by atoms with Crippen LogP contribution in [0.4, 0.5) is 0 Å². The second-order valence-corrected chi connectivity index (χ2v) is 8.69. The van der Waals surface area contributed by atoms with Crippen LogP contribution in [0.2, 0.25) is 0 Å². The summed E-state index contributed by atoms with van der Waals surface area (Å²) < 4.78 is 5.01. The van der Waals surface area contributed by atoms with Crippen LogP contribution in [0.15, 0.2) is 34.7 Å². The maximum atomic E-state index is 12.9. The van der Waals surface area contributed by atoms with E-state index in [0.29, 0.717) is 12.0 Å². The van der Waals surface area contributed by atoms with Gasteiger partial charge < -0.3 is 10.1 Å². The Labute approximate surface area is 146 Å². The van der Waals surface area contributed by atoms with E-state index < -0.39 is 0 Å². The highest BCUT2D eigenvalue weighted by Crippen LogP contribution is 2.47. The molecule has 3 rings (SSSR count). The first kappa shape index (κ1) is 17.0. The van der Waals surface area contributed by atoms with Gasteiger partial charge in [-0.15, -0.1) is 11.3 Å². The third kappa shape index (κ3) is 2.81. The second kappa shape index (κ2) is 5.88. The summed E-state index contributed by atoms with van der Waals surface area (Å²) in [5.74, 6) is -0.574. The van der Waals surface area contributed by atoms with Crippen LogP contribution in [-0.4, -0.2) is 18.9 Å². The largest absolute Gasteiger partial charge is 0.466 e. The topological polar surface area (TPSA) is 55.4 Å². The molecule has 0 fully saturated rings. The van der Waals surface area contributed by atoms with E-state index in [1.54, 1.807) is 11.3 Å². The van der Waals surface area contributed by atoms with E-state index >= 15 is 0 Å². The second-order valence-electron chi connectivity index (χ2n) is 7.37. The fraction of sp³-hybridized carbons (Fsp3) is 0.474. The highest BCUT2D eigenvalue weighted by molar-refractivity contribution is 7.12. The smallest absolute Gasteiger partial charge is 0.336 e. The fourth-order valence-electron chi connectivity index (χ4n) is 3.71. The molecular formula is C19H23NO3S. The van der Waals surface area contributed by atoms with Crippen LogP contribution < -0.4 is 5.32 Å². The van der Waals surface area contributed by atoms with E-state index in [1.807, 2.05) is 26.0 Å². The number of methoxy groups -OCH3 is 1. The molecule has 0 spiro atoms. The molecule has 0 bridgehead atoms. The molecule has 0 aromatic carbocycles. The highest BCUT2D eigenvalue weighted by atomic mass is 32.1. The lowest BCUT2D eigenvalue weighted by Crippen LogP contribution is -2.38. The van der Waals surface area contributed by atoms with E-state index in [2.05, 4.69) is 19.2 Å². The number of allylic oxidation sites excluding steroid dienone is 3. The highest BCUT2D eigenvalue weighted by Gasteiger charge is 2.43. The molecule has 0 unspecified atom stereocenters. The number of hydrogen-bond acceptors (Lipinski definition) is 5. The first-order chi connectivity index (χ1) is 11.2. The molecule has 4 nitrogen and oxygen atoms in total. The first-order valence-electron chi connectivity index (χ1n) is 8.12. The Bertz CT molecular complexity index is 782. The number of esters is 1. The van der Waals surface area contributed by atoms with Gasteiger partial charge in [-0.1, -0.05) is 13.8 Å². The molecule has 0 radical (unpaired) electrons. The van der Waals surface area contributed by atoms with Gasteiger partial charge in [0.25, 0.3) is 0 Å². The summed E-state index contributed by atoms with van der Waals surface area (Å²) >= 11 is 1.63. The molecule has 2 aliphatic rings. The number of ether oxygens (including phenoxy) is 1. The number of carbonyl (C=O) groups is 2. The van der Waals surface area contributed by atoms with Crippen molar-refractivity contribution in [3.8, 4) is 0 Å². The molecule has 1 aliphatic heterocycles. The summed E-state index contributed by atoms with van der Waals surface area (Å²) in [4.78, 5) is 27.5. The van der Waals surface area contributed by atoms with Crippen molar-refractivity contribution in [2.75, 3.05) is 7.11 Å². The molecule has 2 heterocycles. The van der Waals surface area contributed by atoms with Crippen molar-refractivity contribution in [2.24, 2.45) is 5.41 Å². The van der Waals surface area contributed by atoms with Gasteiger partial charge in [0.15, 0.2) is 5.78 Å². The first-order valence-corrected chi connectivity index (χ1v) is 8.94. The van der Waals surface area contributed by atoms with Crippen molar-refractivity contribution in [1.82, 2.24) is 5.32 Å². The van der Waals surface area contributed by atoms with Crippen LogP contribution >= 0.6 is 11.3 Å². The Balaban J connectivity index is 2.18. The van der Waals surface area contributed by atoms with Crippen LogP contribution in [0.25, 0.3) is 0 Å². The van der Waals surface area contributed by atoms with Gasteiger partial charge in [-0.05, 0) is 37.8 Å². The molecule has 1 aromatic heterocycles. The van der Waals surface area contributed by atoms with Gasteiger partial charge in [0.1, 0.15) is 0 Å². The van der Waals surface area contributed by atoms with E-state index in [9.17, 15) is 9.59 Å². The summed E-state index contributed by atoms with van der Waals surface area (Å²) in [6.45, 7) is 8.13. The molecule has 1 N–H and O–H groups in total. The van der Waals surface area contributed by atoms with Gasteiger partial charge >= 0.3 is 5.97 Å². The summed E-state index contributed by atoms with van der Waals surface area (Å²) in [5.41, 5.74) is 2.95. The lowest BCUT2D eigenvalue weighted by molar-refractivity contribution is -0.136. The zero-order valence-corrected chi connectivity index (χ0v) is 15.6. The lowest BCUT2D eigenvalue weighted by Gasteiger charge is -2.39. The van der Waals surface area contributed by atoms with Gasteiger partial charge in [-0.3, -0.25) is 4.79 Å². The normalized spacial score (nSPS) is 23.0. The molecule has 1 aliphatic carbocycles. The molecule has 0 saturated heterocycles. The Morgan fingerprint density at radius 2 is 2.00 bits per heavy atom. The Morgan fingerprint density at radius 3 is 2.58 bits per heavy atom. The number of thiophene rings is 1. The fourth-order valence-corrected chi connectivity index (χ4v) is 4.71. The van der Waals surface area contributed by atoms with Gasteiger partial charge in [0.2, 0.25) is 0 Å². The minimum absolute atomic E-state index is 0.0676. The van der Waals surface area contributed by atoms with Crippen molar-refractivity contribution in [2.45, 2.75) is 46.5 Å². The monoisotopic (exact) mass is 345 g/mol. The van der Waals surface area contributed by atoms with E-state index in [4.69, 9.17) is 4.74 Å². The quantitative estimate of drug-likeness (QED) is 0.828. The third-order valence-electron chi connectivity index (χ3n) is 4.69. The maximum absolute atomic E-state index is 12.9. The summed E-state index contributed by atoms with van der Waals surface area (Å²) in [7, 11) is 1.38. The van der Waals surface area contributed by atoms with Gasteiger partial charge in [-0.2, -0.15) is 0 Å². The average molecular weight is 345 g/mol. The minimum atomic E-state index is -0.375. The zero-order chi connectivity index (χ0) is 17.6. The molecule has 1 atom stereocenters. The van der Waals surface area contributed by atoms with E-state index in [-0.39, 0.29) is 23.1 Å². The van der Waals surface area contributed by atoms with Crippen molar-refractivity contribution in [1.29, 1.82) is 0 Å². The molecular weight excluding hydrogens is 322 g/mol. The van der Waals surface area contributed by atoms with Gasteiger partial charge in [0, 0.05) is 33.1 Å². The number of nitrogens with one attached hydrogen (secondary N) is 1. The lowest BCUT2D eigenvalue weighted by atomic mass is 9.70. The van der Waals surface area contributed by atoms with E-state index in [0.717, 1.165) is 33.1 Å². The predicted molar refractivity (Wildman–Crippen MR) is 94.7 cm³/mol. The standard InChI is InChI=1S/C19H23NO3S/c1-10-6-7-14(24-10)17-15(18(22)23-5)11(2)20-12-8-19(3,4)9-13(21)16(12)17/h6-7,17,20H,8-9H2,1-5H3/t17-/m1/s1. The van der Waals surface area contributed by atoms with Gasteiger partial charge in [-0.25, -0.2) is 4.79 Å². The van der Waals surface area contributed by atoms with Crippen LogP contribution in [-0.2, 0) is 14.3 Å². The van der Waals surface area contributed by atoms with Crippen LogP contribution in [0.1, 0.15) is 49.3 Å². The number of rotatable bonds is 2. The number of dihydropyridines is 1. The van der Waals surface area contributed by atoms with Crippen LogP contribution in [0.3, 0.4) is 0 Å². The SMILES string of the molecule is COC(=O)C1=C(C)NC2=C(C(=O)CC(C)(C)C2)[C@@H]1c1ccc(C)s1. The molecule has 1 aromatic rings. The van der Waals surface area contributed by atoms with E-state index in [1.165, 1.54) is 7.11 Å². The third-order valence-corrected chi connectivity index (χ3v) is 5.76. The number of carbonyl (C=O) groups excluding carboxylic acids is 2. The number of hydrogen-bond donors (Lipinski definition) is 1. The number of aryl methyl sites for hydroxylation is 1. The van der Waals surface area contributed by atoms with Crippen molar-refractivity contribution >= 4 is 23.1 Å². The van der Waals surface area contributed by atoms with Crippen LogP contribution in [0.5, 0.6) is 0 Å². The van der Waals surface area contributed by atoms with Gasteiger partial charge in [0.05, 0.1) is 18.6 Å². The van der Waals surface area contributed by atoms with Crippen molar-refractivity contribution < 1.29 is 14.3 Å². The number of ketones is 1. The Morgan fingerprint density at radius 1 is 1.29 bits per heavy atom. The molecule has 24 heavy (non-hydrogen) atoms.